The molecule has 0 aromatic heterocycles. The summed E-state index contributed by atoms with van der Waals surface area (Å²) in [5.74, 6) is 1.68. The highest BCUT2D eigenvalue weighted by Crippen LogP contribution is 2.38. The van der Waals surface area contributed by atoms with Crippen LogP contribution in [-0.2, 0) is 6.42 Å². The molecule has 122 valence electrons. The highest BCUT2D eigenvalue weighted by molar-refractivity contribution is 6.30. The van der Waals surface area contributed by atoms with Gasteiger partial charge in [-0.2, -0.15) is 0 Å². The molecule has 1 aliphatic carbocycles. The molecule has 1 atom stereocenters. The third kappa shape index (κ3) is 3.88. The van der Waals surface area contributed by atoms with Crippen LogP contribution in [0.2, 0.25) is 5.02 Å². The second-order valence-electron chi connectivity index (χ2n) is 6.47. The average Bonchev–Trinajstić information content (AvgIpc) is 3.03. The van der Waals surface area contributed by atoms with Crippen molar-refractivity contribution < 1.29 is 9.47 Å². The van der Waals surface area contributed by atoms with Gasteiger partial charge in [-0.1, -0.05) is 18.0 Å². The highest BCUT2D eigenvalue weighted by Gasteiger charge is 2.23. The van der Waals surface area contributed by atoms with Crippen molar-refractivity contribution in [3.8, 4) is 11.5 Å². The lowest BCUT2D eigenvalue weighted by Crippen LogP contribution is -2.35. The van der Waals surface area contributed by atoms with Crippen molar-refractivity contribution in [1.82, 2.24) is 5.32 Å². The Hall–Kier alpha value is -0.930. The molecule has 4 heteroatoms. The minimum Gasteiger partial charge on any atom is -0.493 e. The summed E-state index contributed by atoms with van der Waals surface area (Å²) in [6.45, 7) is 1.11. The Balaban J connectivity index is 1.82. The van der Waals surface area contributed by atoms with Crippen LogP contribution in [0.3, 0.4) is 0 Å². The quantitative estimate of drug-likeness (QED) is 0.873. The molecular weight excluding hydrogens is 298 g/mol. The van der Waals surface area contributed by atoms with E-state index in [0.29, 0.717) is 12.1 Å². The number of hydrogen-bond acceptors (Lipinski definition) is 3. The minimum absolute atomic E-state index is 0.327. The predicted molar refractivity (Wildman–Crippen MR) is 90.2 cm³/mol. The number of benzene rings is 1. The molecule has 1 heterocycles. The van der Waals surface area contributed by atoms with Crippen LogP contribution in [0.15, 0.2) is 12.1 Å². The van der Waals surface area contributed by atoms with Gasteiger partial charge in [-0.25, -0.2) is 0 Å². The molecule has 1 unspecified atom stereocenters. The third-order valence-corrected chi connectivity index (χ3v) is 5.00. The van der Waals surface area contributed by atoms with E-state index >= 15 is 0 Å². The second-order valence-corrected chi connectivity index (χ2v) is 6.91. The van der Waals surface area contributed by atoms with Crippen molar-refractivity contribution in [3.63, 3.8) is 0 Å². The fraction of sp³-hybridized carbons (Fsp3) is 0.667. The lowest BCUT2D eigenvalue weighted by atomic mass is 9.97. The molecule has 1 aromatic rings. The van der Waals surface area contributed by atoms with Gasteiger partial charge in [0.2, 0.25) is 0 Å². The molecule has 0 spiro atoms. The summed E-state index contributed by atoms with van der Waals surface area (Å²) in [6, 6.07) is 4.43. The maximum atomic E-state index is 6.31. The Morgan fingerprint density at radius 3 is 2.59 bits per heavy atom. The van der Waals surface area contributed by atoms with Gasteiger partial charge in [0, 0.05) is 22.7 Å². The third-order valence-electron chi connectivity index (χ3n) is 4.78. The Labute approximate surface area is 138 Å². The van der Waals surface area contributed by atoms with E-state index in [-0.39, 0.29) is 0 Å². The Morgan fingerprint density at radius 1 is 1.14 bits per heavy atom. The minimum atomic E-state index is 0.327. The highest BCUT2D eigenvalue weighted by atomic mass is 35.5. The number of ether oxygens (including phenoxy) is 2. The van der Waals surface area contributed by atoms with E-state index < -0.39 is 0 Å². The molecule has 0 amide bonds. The van der Waals surface area contributed by atoms with Crippen LogP contribution in [0.4, 0.5) is 0 Å². The summed E-state index contributed by atoms with van der Waals surface area (Å²) >= 11 is 6.28. The number of piperidine rings is 1. The second kappa shape index (κ2) is 7.56. The number of nitrogens with one attached hydrogen (secondary N) is 1. The first kappa shape index (κ1) is 15.9. The lowest BCUT2D eigenvalue weighted by Gasteiger charge is -2.26. The number of hydrogen-bond donors (Lipinski definition) is 1. The molecule has 3 rings (SSSR count). The molecule has 0 bridgehead atoms. The summed E-state index contributed by atoms with van der Waals surface area (Å²) in [4.78, 5) is 0. The van der Waals surface area contributed by atoms with E-state index in [1.54, 1.807) is 7.11 Å². The van der Waals surface area contributed by atoms with Crippen LogP contribution in [0.5, 0.6) is 11.5 Å². The van der Waals surface area contributed by atoms with Crippen LogP contribution < -0.4 is 14.8 Å². The van der Waals surface area contributed by atoms with Gasteiger partial charge in [-0.05, 0) is 57.6 Å². The fourth-order valence-corrected chi connectivity index (χ4v) is 3.83. The number of rotatable bonds is 5. The number of halogens is 1. The van der Waals surface area contributed by atoms with Crippen molar-refractivity contribution >= 4 is 11.6 Å². The first-order valence-electron chi connectivity index (χ1n) is 8.52. The monoisotopic (exact) mass is 323 g/mol. The van der Waals surface area contributed by atoms with Crippen LogP contribution in [-0.4, -0.2) is 25.8 Å². The van der Waals surface area contributed by atoms with E-state index in [2.05, 4.69) is 5.32 Å². The molecule has 2 aliphatic rings. The van der Waals surface area contributed by atoms with Crippen molar-refractivity contribution in [2.45, 2.75) is 63.5 Å². The average molecular weight is 324 g/mol. The van der Waals surface area contributed by atoms with Crippen LogP contribution >= 0.6 is 11.6 Å². The lowest BCUT2D eigenvalue weighted by molar-refractivity contribution is 0.198. The molecule has 3 nitrogen and oxygen atoms in total. The molecule has 1 aliphatic heterocycles. The predicted octanol–water partition coefficient (Wildman–Crippen LogP) is 4.35. The molecule has 1 N–H and O–H groups in total. The van der Waals surface area contributed by atoms with E-state index in [9.17, 15) is 0 Å². The summed E-state index contributed by atoms with van der Waals surface area (Å²) in [7, 11) is 1.69. The fourth-order valence-electron chi connectivity index (χ4n) is 3.60. The molecular formula is C18H26ClNO2. The Bertz CT molecular complexity index is 494. The normalized spacial score (nSPS) is 22.7. The maximum absolute atomic E-state index is 6.31. The van der Waals surface area contributed by atoms with Crippen LogP contribution in [0, 0.1) is 0 Å². The van der Waals surface area contributed by atoms with E-state index in [1.807, 2.05) is 12.1 Å². The van der Waals surface area contributed by atoms with E-state index in [0.717, 1.165) is 42.3 Å². The first-order chi connectivity index (χ1) is 10.8. The molecule has 22 heavy (non-hydrogen) atoms. The van der Waals surface area contributed by atoms with E-state index in [4.69, 9.17) is 21.1 Å². The molecule has 2 fully saturated rings. The smallest absolute Gasteiger partial charge is 0.164 e. The van der Waals surface area contributed by atoms with E-state index in [1.165, 1.54) is 37.7 Å². The molecule has 0 radical (unpaired) electrons. The zero-order valence-electron chi connectivity index (χ0n) is 13.4. The maximum Gasteiger partial charge on any atom is 0.164 e. The van der Waals surface area contributed by atoms with Gasteiger partial charge in [0.1, 0.15) is 0 Å². The largest absolute Gasteiger partial charge is 0.493 e. The molecule has 1 aromatic carbocycles. The van der Waals surface area contributed by atoms with Crippen LogP contribution in [0.1, 0.15) is 50.5 Å². The summed E-state index contributed by atoms with van der Waals surface area (Å²) in [5, 5.41) is 4.33. The van der Waals surface area contributed by atoms with Gasteiger partial charge in [-0.3, -0.25) is 0 Å². The van der Waals surface area contributed by atoms with Crippen molar-refractivity contribution in [2.24, 2.45) is 0 Å². The summed E-state index contributed by atoms with van der Waals surface area (Å²) < 4.78 is 11.9. The summed E-state index contributed by atoms with van der Waals surface area (Å²) in [5.41, 5.74) is 1.18. The Kier molecular flexibility index (Phi) is 5.48. The van der Waals surface area contributed by atoms with Gasteiger partial charge in [0.15, 0.2) is 11.5 Å². The van der Waals surface area contributed by atoms with Gasteiger partial charge in [-0.15, -0.1) is 0 Å². The van der Waals surface area contributed by atoms with Crippen LogP contribution in [0.25, 0.3) is 0 Å². The molecule has 1 saturated carbocycles. The zero-order chi connectivity index (χ0) is 15.4. The SMILES string of the molecule is COc1cc(Cl)cc(CC2CCCCN2)c1OC1CCCC1. The topological polar surface area (TPSA) is 30.5 Å². The van der Waals surface area contributed by atoms with Gasteiger partial charge in [0.25, 0.3) is 0 Å². The first-order valence-corrected chi connectivity index (χ1v) is 8.90. The van der Waals surface area contributed by atoms with Gasteiger partial charge in [0.05, 0.1) is 13.2 Å². The van der Waals surface area contributed by atoms with Crippen molar-refractivity contribution in [2.75, 3.05) is 13.7 Å². The van der Waals surface area contributed by atoms with Gasteiger partial charge < -0.3 is 14.8 Å². The molecule has 1 saturated heterocycles. The van der Waals surface area contributed by atoms with Crippen molar-refractivity contribution in [3.05, 3.63) is 22.7 Å². The zero-order valence-corrected chi connectivity index (χ0v) is 14.1. The standard InChI is InChI=1S/C18H26ClNO2/c1-21-17-12-14(19)10-13(11-15-6-4-5-9-20-15)18(17)22-16-7-2-3-8-16/h10,12,15-16,20H,2-9,11H2,1H3. The summed E-state index contributed by atoms with van der Waals surface area (Å²) in [6.07, 6.45) is 9.90. The number of methoxy groups -OCH3 is 1. The van der Waals surface area contributed by atoms with Gasteiger partial charge >= 0.3 is 0 Å². The van der Waals surface area contributed by atoms with Crippen molar-refractivity contribution in [1.29, 1.82) is 0 Å². The Morgan fingerprint density at radius 2 is 1.91 bits per heavy atom.